The van der Waals surface area contributed by atoms with Gasteiger partial charge < -0.3 is 15.4 Å². The minimum atomic E-state index is 0.171. The first-order valence-electron chi connectivity index (χ1n) is 7.55. The highest BCUT2D eigenvalue weighted by Crippen LogP contribution is 2.28. The average molecular weight is 296 g/mol. The Bertz CT molecular complexity index is 643. The highest BCUT2D eigenvalue weighted by atomic mass is 16.5. The maximum absolute atomic E-state index is 12.0. The molecule has 1 heterocycles. The zero-order chi connectivity index (χ0) is 15.4. The van der Waals surface area contributed by atoms with Crippen molar-refractivity contribution in [3.63, 3.8) is 0 Å². The monoisotopic (exact) mass is 296 g/mol. The molecule has 0 radical (unpaired) electrons. The highest BCUT2D eigenvalue weighted by molar-refractivity contribution is 5.78. The zero-order valence-corrected chi connectivity index (χ0v) is 12.4. The number of likely N-dealkylation sites (tertiary alicyclic amines) is 1. The van der Waals surface area contributed by atoms with E-state index in [2.05, 4.69) is 0 Å². The van der Waals surface area contributed by atoms with Gasteiger partial charge in [-0.05, 0) is 30.7 Å². The van der Waals surface area contributed by atoms with Crippen LogP contribution >= 0.6 is 0 Å². The lowest BCUT2D eigenvalue weighted by atomic mass is 10.1. The van der Waals surface area contributed by atoms with Crippen molar-refractivity contribution in [1.82, 2.24) is 4.90 Å². The molecule has 1 unspecified atom stereocenters. The second kappa shape index (κ2) is 6.62. The Morgan fingerprint density at radius 2 is 1.82 bits per heavy atom. The lowest BCUT2D eigenvalue weighted by Gasteiger charge is -2.19. The lowest BCUT2D eigenvalue weighted by molar-refractivity contribution is -0.128. The van der Waals surface area contributed by atoms with Crippen molar-refractivity contribution in [2.24, 2.45) is 11.7 Å². The van der Waals surface area contributed by atoms with Gasteiger partial charge in [0.15, 0.2) is 0 Å². The molecule has 2 N–H and O–H groups in total. The van der Waals surface area contributed by atoms with E-state index in [-0.39, 0.29) is 11.8 Å². The SMILES string of the molecule is NCC1CC(=O)N(Cc2ccccc2Oc2ccccc2)C1. The van der Waals surface area contributed by atoms with Crippen LogP contribution in [0.3, 0.4) is 0 Å². The van der Waals surface area contributed by atoms with E-state index in [1.165, 1.54) is 0 Å². The van der Waals surface area contributed by atoms with E-state index in [1.807, 2.05) is 59.5 Å². The predicted octanol–water partition coefficient (Wildman–Crippen LogP) is 2.79. The number of benzene rings is 2. The number of nitrogens with two attached hydrogens (primary N) is 1. The summed E-state index contributed by atoms with van der Waals surface area (Å²) in [6, 6.07) is 17.5. The normalized spacial score (nSPS) is 17.8. The molecular formula is C18H20N2O2. The number of para-hydroxylation sites is 2. The molecule has 2 aromatic carbocycles. The fourth-order valence-electron chi connectivity index (χ4n) is 2.72. The number of amides is 1. The lowest BCUT2D eigenvalue weighted by Crippen LogP contribution is -2.25. The summed E-state index contributed by atoms with van der Waals surface area (Å²) in [5.74, 6) is 2.03. The third-order valence-electron chi connectivity index (χ3n) is 3.93. The Balaban J connectivity index is 1.76. The van der Waals surface area contributed by atoms with Crippen molar-refractivity contribution in [3.8, 4) is 11.5 Å². The van der Waals surface area contributed by atoms with Crippen LogP contribution in [0.5, 0.6) is 11.5 Å². The molecule has 22 heavy (non-hydrogen) atoms. The van der Waals surface area contributed by atoms with E-state index in [0.717, 1.165) is 23.6 Å². The molecule has 0 bridgehead atoms. The van der Waals surface area contributed by atoms with Gasteiger partial charge in [0.05, 0.1) is 0 Å². The molecule has 1 fully saturated rings. The van der Waals surface area contributed by atoms with Gasteiger partial charge in [-0.25, -0.2) is 0 Å². The Hall–Kier alpha value is -2.33. The standard InChI is InChI=1S/C18H20N2O2/c19-11-14-10-18(21)20(12-14)13-15-6-4-5-9-17(15)22-16-7-2-1-3-8-16/h1-9,14H,10-13,19H2. The van der Waals surface area contributed by atoms with E-state index in [1.54, 1.807) is 0 Å². The fraction of sp³-hybridized carbons (Fsp3) is 0.278. The van der Waals surface area contributed by atoms with Crippen molar-refractivity contribution >= 4 is 5.91 Å². The van der Waals surface area contributed by atoms with Crippen LogP contribution in [-0.4, -0.2) is 23.9 Å². The molecule has 114 valence electrons. The molecule has 2 aromatic rings. The number of carbonyl (C=O) groups excluding carboxylic acids is 1. The van der Waals surface area contributed by atoms with Crippen LogP contribution in [0.25, 0.3) is 0 Å². The highest BCUT2D eigenvalue weighted by Gasteiger charge is 2.28. The van der Waals surface area contributed by atoms with Crippen LogP contribution in [0.2, 0.25) is 0 Å². The van der Waals surface area contributed by atoms with Crippen LogP contribution in [0.15, 0.2) is 54.6 Å². The third-order valence-corrected chi connectivity index (χ3v) is 3.93. The summed E-state index contributed by atoms with van der Waals surface area (Å²) in [6.07, 6.45) is 0.554. The zero-order valence-electron chi connectivity index (χ0n) is 12.4. The quantitative estimate of drug-likeness (QED) is 0.923. The molecule has 1 aliphatic heterocycles. The smallest absolute Gasteiger partial charge is 0.223 e. The Morgan fingerprint density at radius 1 is 1.09 bits per heavy atom. The van der Waals surface area contributed by atoms with Gasteiger partial charge in [0.2, 0.25) is 5.91 Å². The molecule has 0 aromatic heterocycles. The first kappa shape index (κ1) is 14.6. The molecule has 1 atom stereocenters. The topological polar surface area (TPSA) is 55.6 Å². The molecule has 3 rings (SSSR count). The summed E-state index contributed by atoms with van der Waals surface area (Å²) in [7, 11) is 0. The third kappa shape index (κ3) is 3.28. The second-order valence-electron chi connectivity index (χ2n) is 5.60. The minimum absolute atomic E-state index is 0.171. The Morgan fingerprint density at radius 3 is 2.55 bits per heavy atom. The molecular weight excluding hydrogens is 276 g/mol. The van der Waals surface area contributed by atoms with E-state index in [0.29, 0.717) is 19.5 Å². The van der Waals surface area contributed by atoms with Crippen molar-refractivity contribution in [2.75, 3.05) is 13.1 Å². The number of ether oxygens (including phenoxy) is 1. The van der Waals surface area contributed by atoms with Crippen molar-refractivity contribution in [2.45, 2.75) is 13.0 Å². The van der Waals surface area contributed by atoms with Gasteiger partial charge in [0, 0.05) is 25.1 Å². The van der Waals surface area contributed by atoms with Crippen LogP contribution in [0.1, 0.15) is 12.0 Å². The van der Waals surface area contributed by atoms with E-state index >= 15 is 0 Å². The van der Waals surface area contributed by atoms with Crippen molar-refractivity contribution in [1.29, 1.82) is 0 Å². The van der Waals surface area contributed by atoms with Crippen LogP contribution in [0.4, 0.5) is 0 Å². The van der Waals surface area contributed by atoms with Gasteiger partial charge in [-0.1, -0.05) is 36.4 Å². The second-order valence-corrected chi connectivity index (χ2v) is 5.60. The molecule has 1 aliphatic rings. The van der Waals surface area contributed by atoms with Crippen LogP contribution in [0, 0.1) is 5.92 Å². The van der Waals surface area contributed by atoms with E-state index < -0.39 is 0 Å². The molecule has 4 heteroatoms. The number of hydrogen-bond acceptors (Lipinski definition) is 3. The maximum atomic E-state index is 12.0. The number of nitrogens with zero attached hydrogens (tertiary/aromatic N) is 1. The number of hydrogen-bond donors (Lipinski definition) is 1. The molecule has 0 aliphatic carbocycles. The molecule has 1 saturated heterocycles. The molecule has 4 nitrogen and oxygen atoms in total. The fourth-order valence-corrected chi connectivity index (χ4v) is 2.72. The summed E-state index contributed by atoms with van der Waals surface area (Å²) < 4.78 is 5.95. The predicted molar refractivity (Wildman–Crippen MR) is 85.5 cm³/mol. The average Bonchev–Trinajstić information content (AvgIpc) is 2.90. The summed E-state index contributed by atoms with van der Waals surface area (Å²) in [5, 5.41) is 0. The van der Waals surface area contributed by atoms with Gasteiger partial charge in [-0.3, -0.25) is 4.79 Å². The first-order valence-corrected chi connectivity index (χ1v) is 7.55. The van der Waals surface area contributed by atoms with Crippen molar-refractivity contribution < 1.29 is 9.53 Å². The van der Waals surface area contributed by atoms with Crippen LogP contribution < -0.4 is 10.5 Å². The molecule has 0 saturated carbocycles. The Kier molecular flexibility index (Phi) is 4.39. The summed E-state index contributed by atoms with van der Waals surface area (Å²) in [6.45, 7) is 1.86. The number of carbonyl (C=O) groups is 1. The van der Waals surface area contributed by atoms with E-state index in [4.69, 9.17) is 10.5 Å². The Labute approximate surface area is 130 Å². The van der Waals surface area contributed by atoms with Gasteiger partial charge in [0.25, 0.3) is 0 Å². The summed E-state index contributed by atoms with van der Waals surface area (Å²) >= 11 is 0. The maximum Gasteiger partial charge on any atom is 0.223 e. The van der Waals surface area contributed by atoms with Gasteiger partial charge in [0.1, 0.15) is 11.5 Å². The van der Waals surface area contributed by atoms with E-state index in [9.17, 15) is 4.79 Å². The van der Waals surface area contributed by atoms with Crippen molar-refractivity contribution in [3.05, 3.63) is 60.2 Å². The summed E-state index contributed by atoms with van der Waals surface area (Å²) in [4.78, 5) is 13.9. The van der Waals surface area contributed by atoms with Gasteiger partial charge in [-0.2, -0.15) is 0 Å². The number of rotatable bonds is 5. The van der Waals surface area contributed by atoms with Gasteiger partial charge >= 0.3 is 0 Å². The van der Waals surface area contributed by atoms with Gasteiger partial charge in [-0.15, -0.1) is 0 Å². The van der Waals surface area contributed by atoms with Crippen LogP contribution in [-0.2, 0) is 11.3 Å². The molecule has 0 spiro atoms. The first-order chi connectivity index (χ1) is 10.8. The largest absolute Gasteiger partial charge is 0.457 e. The minimum Gasteiger partial charge on any atom is -0.457 e. The summed E-state index contributed by atoms with van der Waals surface area (Å²) in [5.41, 5.74) is 6.69. The molecule has 1 amide bonds.